The highest BCUT2D eigenvalue weighted by Gasteiger charge is 2.28. The highest BCUT2D eigenvalue weighted by molar-refractivity contribution is 7.85. The Labute approximate surface area is 131 Å². The summed E-state index contributed by atoms with van der Waals surface area (Å²) in [6.07, 6.45) is 0.726. The molecule has 3 atom stereocenters. The number of carboxylic acids is 1. The lowest BCUT2D eigenvalue weighted by Crippen LogP contribution is -2.44. The molecule has 2 N–H and O–H groups in total. The molecule has 0 spiro atoms. The Balaban J connectivity index is 1.87. The van der Waals surface area contributed by atoms with Crippen molar-refractivity contribution >= 4 is 22.7 Å². The van der Waals surface area contributed by atoms with E-state index in [0.29, 0.717) is 24.5 Å². The summed E-state index contributed by atoms with van der Waals surface area (Å²) in [5.41, 5.74) is 0. The summed E-state index contributed by atoms with van der Waals surface area (Å²) < 4.78 is 17.2. The van der Waals surface area contributed by atoms with Gasteiger partial charge in [0.1, 0.15) is 6.04 Å². The fourth-order valence-electron chi connectivity index (χ4n) is 2.20. The highest BCUT2D eigenvalue weighted by atomic mass is 32.2. The maximum atomic E-state index is 12.1. The third-order valence-electron chi connectivity index (χ3n) is 3.51. The average Bonchev–Trinajstić information content (AvgIpc) is 3.06. The molecule has 0 bridgehead atoms. The fourth-order valence-corrected chi connectivity index (χ4v) is 3.35. The van der Waals surface area contributed by atoms with Crippen molar-refractivity contribution in [3.05, 3.63) is 30.3 Å². The number of hydrogen-bond donors (Lipinski definition) is 2. The first-order valence-corrected chi connectivity index (χ1v) is 8.44. The zero-order chi connectivity index (χ0) is 15.9. The Morgan fingerprint density at radius 2 is 2.09 bits per heavy atom. The van der Waals surface area contributed by atoms with Crippen molar-refractivity contribution in [3.63, 3.8) is 0 Å². The van der Waals surface area contributed by atoms with Crippen molar-refractivity contribution in [1.29, 1.82) is 0 Å². The van der Waals surface area contributed by atoms with Crippen LogP contribution in [0.15, 0.2) is 35.2 Å². The minimum absolute atomic E-state index is 0.121. The first kappa shape index (κ1) is 16.6. The Morgan fingerprint density at radius 1 is 1.36 bits per heavy atom. The van der Waals surface area contributed by atoms with E-state index in [1.165, 1.54) is 0 Å². The molecule has 1 saturated heterocycles. The molecule has 0 aliphatic carbocycles. The molecule has 0 aromatic heterocycles. The van der Waals surface area contributed by atoms with Crippen LogP contribution in [0.4, 0.5) is 0 Å². The Kier molecular flexibility index (Phi) is 6.09. The number of rotatable bonds is 7. The van der Waals surface area contributed by atoms with Gasteiger partial charge in [0.15, 0.2) is 0 Å². The van der Waals surface area contributed by atoms with Gasteiger partial charge in [-0.15, -0.1) is 0 Å². The molecule has 1 aliphatic heterocycles. The lowest BCUT2D eigenvalue weighted by atomic mass is 10.1. The number of ether oxygens (including phenoxy) is 1. The van der Waals surface area contributed by atoms with E-state index in [0.717, 1.165) is 0 Å². The standard InChI is InChI=1S/C15H19NO5S/c17-14(11-6-8-21-10-11)16-13(15(18)19)7-9-22(20)12-4-2-1-3-5-12/h1-5,11,13H,6-10H2,(H,16,17)(H,18,19)/t11-,13+,22-/m1/s1. The topological polar surface area (TPSA) is 92.7 Å². The van der Waals surface area contributed by atoms with E-state index in [4.69, 9.17) is 4.74 Å². The third kappa shape index (κ3) is 4.64. The summed E-state index contributed by atoms with van der Waals surface area (Å²) in [7, 11) is -1.28. The van der Waals surface area contributed by atoms with E-state index in [1.54, 1.807) is 24.3 Å². The average molecular weight is 325 g/mol. The molecule has 120 valence electrons. The summed E-state index contributed by atoms with van der Waals surface area (Å²) in [5.74, 6) is -1.53. The van der Waals surface area contributed by atoms with Crippen LogP contribution in [0.25, 0.3) is 0 Å². The molecule has 2 rings (SSSR count). The predicted octanol–water partition coefficient (Wildman–Crippen LogP) is 0.790. The first-order chi connectivity index (χ1) is 10.6. The normalized spacial score (nSPS) is 20.3. The van der Waals surface area contributed by atoms with Crippen LogP contribution in [0.5, 0.6) is 0 Å². The molecule has 22 heavy (non-hydrogen) atoms. The van der Waals surface area contributed by atoms with Gasteiger partial charge in [0, 0.05) is 17.3 Å². The number of amides is 1. The zero-order valence-electron chi connectivity index (χ0n) is 12.1. The van der Waals surface area contributed by atoms with E-state index in [-0.39, 0.29) is 24.0 Å². The van der Waals surface area contributed by atoms with E-state index in [2.05, 4.69) is 5.32 Å². The Hall–Kier alpha value is -1.73. The summed E-state index contributed by atoms with van der Waals surface area (Å²) in [6.45, 7) is 0.849. The molecule has 1 aromatic rings. The SMILES string of the molecule is O=C(N[C@@H](CC[S@@](=O)c1ccccc1)C(=O)O)[C@@H]1CCOC1. The fraction of sp³-hybridized carbons (Fsp3) is 0.467. The Bertz CT molecular complexity index is 542. The van der Waals surface area contributed by atoms with Crippen LogP contribution in [0.2, 0.25) is 0 Å². The number of benzene rings is 1. The van der Waals surface area contributed by atoms with E-state index >= 15 is 0 Å². The quantitative estimate of drug-likeness (QED) is 0.773. The van der Waals surface area contributed by atoms with Crippen LogP contribution in [0.3, 0.4) is 0 Å². The summed E-state index contributed by atoms with van der Waals surface area (Å²) >= 11 is 0. The van der Waals surface area contributed by atoms with Crippen molar-refractivity contribution in [2.75, 3.05) is 19.0 Å². The van der Waals surface area contributed by atoms with Crippen LogP contribution in [0.1, 0.15) is 12.8 Å². The number of nitrogens with one attached hydrogen (secondary N) is 1. The highest BCUT2D eigenvalue weighted by Crippen LogP contribution is 2.13. The number of carbonyl (C=O) groups is 2. The minimum Gasteiger partial charge on any atom is -0.480 e. The van der Waals surface area contributed by atoms with Crippen LogP contribution >= 0.6 is 0 Å². The molecule has 1 fully saturated rings. The predicted molar refractivity (Wildman–Crippen MR) is 80.8 cm³/mol. The van der Waals surface area contributed by atoms with Crippen LogP contribution in [0, 0.1) is 5.92 Å². The molecule has 7 heteroatoms. The van der Waals surface area contributed by atoms with E-state index in [9.17, 15) is 18.9 Å². The van der Waals surface area contributed by atoms with E-state index in [1.807, 2.05) is 6.07 Å². The molecule has 0 radical (unpaired) electrons. The third-order valence-corrected chi connectivity index (χ3v) is 4.92. The maximum absolute atomic E-state index is 12.1. The molecule has 1 heterocycles. The summed E-state index contributed by atoms with van der Waals surface area (Å²) in [4.78, 5) is 23.9. The first-order valence-electron chi connectivity index (χ1n) is 7.12. The molecular weight excluding hydrogens is 306 g/mol. The number of carbonyl (C=O) groups excluding carboxylic acids is 1. The summed E-state index contributed by atoms with van der Waals surface area (Å²) in [6, 6.07) is 7.83. The Morgan fingerprint density at radius 3 is 2.68 bits per heavy atom. The van der Waals surface area contributed by atoms with Gasteiger partial charge >= 0.3 is 5.97 Å². The van der Waals surface area contributed by atoms with Gasteiger partial charge in [-0.05, 0) is 25.0 Å². The van der Waals surface area contributed by atoms with Gasteiger partial charge in [0.25, 0.3) is 0 Å². The van der Waals surface area contributed by atoms with Crippen molar-refractivity contribution in [2.45, 2.75) is 23.8 Å². The van der Waals surface area contributed by atoms with Gasteiger partial charge in [-0.1, -0.05) is 18.2 Å². The molecule has 0 saturated carbocycles. The monoisotopic (exact) mass is 325 g/mol. The van der Waals surface area contributed by atoms with Gasteiger partial charge in [0.05, 0.1) is 23.3 Å². The molecule has 0 unspecified atom stereocenters. The molecule has 6 nitrogen and oxygen atoms in total. The molecule has 1 aromatic carbocycles. The number of hydrogen-bond acceptors (Lipinski definition) is 4. The van der Waals surface area contributed by atoms with Gasteiger partial charge in [0.2, 0.25) is 5.91 Å². The second-order valence-corrected chi connectivity index (χ2v) is 6.68. The van der Waals surface area contributed by atoms with E-state index < -0.39 is 22.8 Å². The van der Waals surface area contributed by atoms with Gasteiger partial charge in [-0.3, -0.25) is 9.00 Å². The lowest BCUT2D eigenvalue weighted by Gasteiger charge is -2.16. The number of carboxylic acid groups (broad SMARTS) is 1. The van der Waals surface area contributed by atoms with Crippen LogP contribution in [-0.4, -0.2) is 46.2 Å². The van der Waals surface area contributed by atoms with Gasteiger partial charge in [-0.2, -0.15) is 0 Å². The van der Waals surface area contributed by atoms with Crippen molar-refractivity contribution < 1.29 is 23.6 Å². The molecular formula is C15H19NO5S. The second kappa shape index (κ2) is 8.05. The van der Waals surface area contributed by atoms with Crippen molar-refractivity contribution in [1.82, 2.24) is 5.32 Å². The van der Waals surface area contributed by atoms with Crippen molar-refractivity contribution in [3.8, 4) is 0 Å². The number of aliphatic carboxylic acids is 1. The largest absolute Gasteiger partial charge is 0.480 e. The van der Waals surface area contributed by atoms with Crippen LogP contribution in [-0.2, 0) is 25.1 Å². The molecule has 1 aliphatic rings. The lowest BCUT2D eigenvalue weighted by molar-refractivity contribution is -0.142. The van der Waals surface area contributed by atoms with Gasteiger partial charge < -0.3 is 15.2 Å². The molecule has 1 amide bonds. The minimum atomic E-state index is -1.28. The zero-order valence-corrected chi connectivity index (χ0v) is 12.9. The van der Waals surface area contributed by atoms with Crippen LogP contribution < -0.4 is 5.32 Å². The van der Waals surface area contributed by atoms with Crippen molar-refractivity contribution in [2.24, 2.45) is 5.92 Å². The van der Waals surface area contributed by atoms with Gasteiger partial charge in [-0.25, -0.2) is 4.79 Å². The summed E-state index contributed by atoms with van der Waals surface area (Å²) in [5, 5.41) is 11.7. The second-order valence-electron chi connectivity index (χ2n) is 5.11. The smallest absolute Gasteiger partial charge is 0.326 e. The maximum Gasteiger partial charge on any atom is 0.326 e.